The first-order valence-corrected chi connectivity index (χ1v) is 4.39. The third-order valence-corrected chi connectivity index (χ3v) is 2.02. The molecule has 0 bridgehead atoms. The maximum atomic E-state index is 11.0. The second-order valence-electron chi connectivity index (χ2n) is 2.28. The predicted octanol–water partition coefficient (Wildman–Crippen LogP) is 0.687. The van der Waals surface area contributed by atoms with Gasteiger partial charge in [0.15, 0.2) is 0 Å². The Kier molecular flexibility index (Phi) is 2.64. The molecule has 62 valence electrons. The minimum Gasteiger partial charge on any atom is -0.374 e. The minimum absolute atomic E-state index is 0.0593. The van der Waals surface area contributed by atoms with Gasteiger partial charge in [0.2, 0.25) is 5.13 Å². The van der Waals surface area contributed by atoms with Gasteiger partial charge in [0.05, 0.1) is 0 Å². The second kappa shape index (κ2) is 3.52. The summed E-state index contributed by atoms with van der Waals surface area (Å²) in [6.45, 7) is 2.75. The molecule has 1 rings (SSSR count). The van der Waals surface area contributed by atoms with Crippen molar-refractivity contribution in [2.24, 2.45) is 0 Å². The lowest BCUT2D eigenvalue weighted by Crippen LogP contribution is -2.14. The van der Waals surface area contributed by atoms with Crippen LogP contribution >= 0.6 is 11.3 Å². The molecule has 0 spiro atoms. The Balaban J connectivity index is 2.70. The zero-order chi connectivity index (χ0) is 8.27. The first kappa shape index (κ1) is 8.26. The molecular formula is C6H11N3OS. The zero-order valence-electron chi connectivity index (χ0n) is 6.41. The van der Waals surface area contributed by atoms with E-state index < -0.39 is 0 Å². The topological polar surface area (TPSA) is 60.9 Å². The van der Waals surface area contributed by atoms with E-state index in [1.807, 2.05) is 0 Å². The SMILES string of the molecule is CCCCn1nc(N)sc1=O. The fraction of sp³-hybridized carbons (Fsp3) is 0.667. The van der Waals surface area contributed by atoms with E-state index in [0.29, 0.717) is 11.7 Å². The summed E-state index contributed by atoms with van der Waals surface area (Å²) in [4.78, 5) is 10.9. The highest BCUT2D eigenvalue weighted by molar-refractivity contribution is 7.12. The first-order chi connectivity index (χ1) is 5.24. The van der Waals surface area contributed by atoms with Gasteiger partial charge < -0.3 is 5.73 Å². The quantitative estimate of drug-likeness (QED) is 0.731. The van der Waals surface area contributed by atoms with Crippen molar-refractivity contribution in [1.29, 1.82) is 0 Å². The van der Waals surface area contributed by atoms with Crippen LogP contribution in [-0.2, 0) is 6.54 Å². The molecule has 4 nitrogen and oxygen atoms in total. The standard InChI is InChI=1S/C6H11N3OS/c1-2-3-4-9-6(10)11-5(7)8-9/h2-4H2,1H3,(H2,7,8). The molecule has 0 fully saturated rings. The van der Waals surface area contributed by atoms with E-state index in [0.717, 1.165) is 24.2 Å². The van der Waals surface area contributed by atoms with Crippen molar-refractivity contribution in [1.82, 2.24) is 9.78 Å². The molecule has 0 aliphatic rings. The van der Waals surface area contributed by atoms with E-state index >= 15 is 0 Å². The number of nitrogens with zero attached hydrogens (tertiary/aromatic N) is 2. The van der Waals surface area contributed by atoms with Crippen molar-refractivity contribution in [3.63, 3.8) is 0 Å². The molecule has 0 atom stereocenters. The number of anilines is 1. The summed E-state index contributed by atoms with van der Waals surface area (Å²) < 4.78 is 1.42. The van der Waals surface area contributed by atoms with Crippen molar-refractivity contribution in [2.45, 2.75) is 26.3 Å². The van der Waals surface area contributed by atoms with Crippen molar-refractivity contribution >= 4 is 16.5 Å². The van der Waals surface area contributed by atoms with E-state index in [-0.39, 0.29) is 4.87 Å². The van der Waals surface area contributed by atoms with Gasteiger partial charge in [0.1, 0.15) is 0 Å². The van der Waals surface area contributed by atoms with Crippen molar-refractivity contribution in [2.75, 3.05) is 5.73 Å². The number of hydrogen-bond acceptors (Lipinski definition) is 4. The van der Waals surface area contributed by atoms with E-state index in [1.165, 1.54) is 4.68 Å². The third-order valence-electron chi connectivity index (χ3n) is 1.35. The van der Waals surface area contributed by atoms with Gasteiger partial charge in [-0.15, -0.1) is 5.10 Å². The molecule has 0 aromatic carbocycles. The van der Waals surface area contributed by atoms with Crippen LogP contribution in [0, 0.1) is 0 Å². The highest BCUT2D eigenvalue weighted by Crippen LogP contribution is 1.99. The molecule has 0 aliphatic heterocycles. The Hall–Kier alpha value is -0.840. The predicted molar refractivity (Wildman–Crippen MR) is 45.7 cm³/mol. The lowest BCUT2D eigenvalue weighted by Gasteiger charge is -1.94. The molecule has 1 aromatic rings. The van der Waals surface area contributed by atoms with Crippen LogP contribution in [0.15, 0.2) is 4.79 Å². The first-order valence-electron chi connectivity index (χ1n) is 3.57. The van der Waals surface area contributed by atoms with E-state index in [9.17, 15) is 4.79 Å². The monoisotopic (exact) mass is 173 g/mol. The summed E-state index contributed by atoms with van der Waals surface area (Å²) in [5.41, 5.74) is 5.34. The number of rotatable bonds is 3. The minimum atomic E-state index is -0.0593. The number of nitrogen functional groups attached to an aromatic ring is 1. The lowest BCUT2D eigenvalue weighted by atomic mass is 10.3. The van der Waals surface area contributed by atoms with Crippen LogP contribution in [0.3, 0.4) is 0 Å². The summed E-state index contributed by atoms with van der Waals surface area (Å²) >= 11 is 0.994. The summed E-state index contributed by atoms with van der Waals surface area (Å²) in [5.74, 6) is 0. The molecule has 5 heteroatoms. The van der Waals surface area contributed by atoms with Gasteiger partial charge in [-0.05, 0) is 17.8 Å². The van der Waals surface area contributed by atoms with Crippen LogP contribution in [-0.4, -0.2) is 9.78 Å². The Bertz CT molecular complexity index is 278. The van der Waals surface area contributed by atoms with Crippen molar-refractivity contribution in [3.8, 4) is 0 Å². The van der Waals surface area contributed by atoms with Gasteiger partial charge in [0, 0.05) is 6.54 Å². The van der Waals surface area contributed by atoms with Crippen molar-refractivity contribution in [3.05, 3.63) is 9.67 Å². The Morgan fingerprint density at radius 1 is 1.73 bits per heavy atom. The van der Waals surface area contributed by atoms with Gasteiger partial charge in [0.25, 0.3) is 0 Å². The van der Waals surface area contributed by atoms with Crippen LogP contribution in [0.25, 0.3) is 0 Å². The number of aryl methyl sites for hydroxylation is 1. The zero-order valence-corrected chi connectivity index (χ0v) is 7.23. The molecule has 0 saturated heterocycles. The smallest absolute Gasteiger partial charge is 0.326 e. The number of hydrogen-bond donors (Lipinski definition) is 1. The molecule has 1 aromatic heterocycles. The number of nitrogens with two attached hydrogens (primary N) is 1. The fourth-order valence-electron chi connectivity index (χ4n) is 0.772. The Morgan fingerprint density at radius 3 is 2.91 bits per heavy atom. The number of unbranched alkanes of at least 4 members (excludes halogenated alkanes) is 1. The fourth-order valence-corrected chi connectivity index (χ4v) is 1.33. The van der Waals surface area contributed by atoms with Gasteiger partial charge >= 0.3 is 4.87 Å². The van der Waals surface area contributed by atoms with E-state index in [1.54, 1.807) is 0 Å². The molecule has 1 heterocycles. The molecule has 0 unspecified atom stereocenters. The molecule has 2 N–H and O–H groups in total. The van der Waals surface area contributed by atoms with Gasteiger partial charge in [-0.1, -0.05) is 13.3 Å². The molecule has 0 aliphatic carbocycles. The van der Waals surface area contributed by atoms with Gasteiger partial charge in [-0.25, -0.2) is 4.68 Å². The second-order valence-corrected chi connectivity index (χ2v) is 3.25. The van der Waals surface area contributed by atoms with E-state index in [4.69, 9.17) is 5.73 Å². The van der Waals surface area contributed by atoms with Crippen molar-refractivity contribution < 1.29 is 0 Å². The molecule has 0 saturated carbocycles. The van der Waals surface area contributed by atoms with Crippen LogP contribution in [0.5, 0.6) is 0 Å². The summed E-state index contributed by atoms with van der Waals surface area (Å²) in [6.07, 6.45) is 2.03. The summed E-state index contributed by atoms with van der Waals surface area (Å²) in [6, 6.07) is 0. The average Bonchev–Trinajstić information content (AvgIpc) is 2.26. The maximum Gasteiger partial charge on any atom is 0.326 e. The summed E-state index contributed by atoms with van der Waals surface area (Å²) in [5, 5.41) is 4.20. The molecule has 0 radical (unpaired) electrons. The third kappa shape index (κ3) is 2.04. The molecular weight excluding hydrogens is 162 g/mol. The molecule has 11 heavy (non-hydrogen) atoms. The Labute approximate surface area is 68.7 Å². The van der Waals surface area contributed by atoms with Gasteiger partial charge in [-0.2, -0.15) is 0 Å². The average molecular weight is 173 g/mol. The number of aromatic nitrogens is 2. The lowest BCUT2D eigenvalue weighted by molar-refractivity contribution is 0.561. The molecule has 0 amide bonds. The van der Waals surface area contributed by atoms with Crippen LogP contribution in [0.4, 0.5) is 5.13 Å². The maximum absolute atomic E-state index is 11.0. The highest BCUT2D eigenvalue weighted by atomic mass is 32.1. The Morgan fingerprint density at radius 2 is 2.45 bits per heavy atom. The summed E-state index contributed by atoms with van der Waals surface area (Å²) in [7, 11) is 0. The normalized spacial score (nSPS) is 10.3. The van der Waals surface area contributed by atoms with Crippen LogP contribution < -0.4 is 10.6 Å². The van der Waals surface area contributed by atoms with Crippen LogP contribution in [0.2, 0.25) is 0 Å². The van der Waals surface area contributed by atoms with E-state index in [2.05, 4.69) is 12.0 Å². The van der Waals surface area contributed by atoms with Crippen LogP contribution in [0.1, 0.15) is 19.8 Å². The largest absolute Gasteiger partial charge is 0.374 e. The highest BCUT2D eigenvalue weighted by Gasteiger charge is 2.00. The van der Waals surface area contributed by atoms with Gasteiger partial charge in [-0.3, -0.25) is 4.79 Å².